The molecular weight excluding hydrogens is 705 g/mol. The molecule has 1 aliphatic heterocycles. The number of hydrogen-bond donors (Lipinski definition) is 0. The zero-order valence-corrected chi connectivity index (χ0v) is 31.6. The summed E-state index contributed by atoms with van der Waals surface area (Å²) < 4.78 is 6.79. The highest BCUT2D eigenvalue weighted by Gasteiger charge is 2.45. The normalized spacial score (nSPS) is 12.4. The van der Waals surface area contributed by atoms with Gasteiger partial charge in [-0.3, -0.25) is 0 Å². The first-order valence-corrected chi connectivity index (χ1v) is 19.5. The van der Waals surface area contributed by atoms with Crippen LogP contribution in [0.3, 0.4) is 0 Å². The van der Waals surface area contributed by atoms with Crippen LogP contribution in [-0.4, -0.2) is 4.98 Å². The molecule has 10 rings (SSSR count). The van der Waals surface area contributed by atoms with Gasteiger partial charge in [-0.25, -0.2) is 9.83 Å². The molecule has 0 saturated heterocycles. The van der Waals surface area contributed by atoms with Crippen LogP contribution in [0.15, 0.2) is 218 Å². The average molecular weight is 741 g/mol. The van der Waals surface area contributed by atoms with Crippen LogP contribution in [0.4, 0.5) is 5.69 Å². The van der Waals surface area contributed by atoms with E-state index in [0.29, 0.717) is 5.69 Å². The molecule has 1 aromatic heterocycles. The number of rotatable bonds is 7. The highest BCUT2D eigenvalue weighted by Crippen LogP contribution is 2.55. The molecule has 0 aliphatic carbocycles. The van der Waals surface area contributed by atoms with Crippen LogP contribution >= 0.6 is 0 Å². The van der Waals surface area contributed by atoms with Gasteiger partial charge in [0, 0.05) is 16.7 Å². The summed E-state index contributed by atoms with van der Waals surface area (Å²) in [5.74, 6) is 1.71. The molecule has 0 fully saturated rings. The third-order valence-corrected chi connectivity index (χ3v) is 11.2. The van der Waals surface area contributed by atoms with Crippen molar-refractivity contribution in [2.45, 2.75) is 5.41 Å². The van der Waals surface area contributed by atoms with Crippen molar-refractivity contribution in [3.8, 4) is 67.4 Å². The van der Waals surface area contributed by atoms with Gasteiger partial charge in [-0.15, -0.1) is 0 Å². The number of aromatic nitrogens is 1. The number of hydrogen-bond acceptors (Lipinski definition) is 2. The lowest BCUT2D eigenvalue weighted by Crippen LogP contribution is -2.34. The molecule has 0 atom stereocenters. The molecule has 2 heterocycles. The van der Waals surface area contributed by atoms with Crippen molar-refractivity contribution in [3.05, 3.63) is 252 Å². The molecule has 0 radical (unpaired) electrons. The molecule has 3 heteroatoms. The molecule has 0 saturated carbocycles. The van der Waals surface area contributed by atoms with Crippen LogP contribution in [-0.2, 0) is 5.41 Å². The van der Waals surface area contributed by atoms with Gasteiger partial charge in [0.25, 0.3) is 0 Å². The summed E-state index contributed by atoms with van der Waals surface area (Å²) in [7, 11) is 0. The SMILES string of the molecule is [C-]#[N+]c1ccc(-c2cc(-c3ccccc3)cc(-c3cccc(-c4cccc(-c5ccc6c(c5)Oc5ccccc5C6(c5ccccc5)c5ccccc5)c4)c3)n2)cc1. The Bertz CT molecular complexity index is 2930. The fourth-order valence-electron chi connectivity index (χ4n) is 8.46. The maximum absolute atomic E-state index is 7.40. The van der Waals surface area contributed by atoms with E-state index in [-0.39, 0.29) is 0 Å². The lowest BCUT2D eigenvalue weighted by Gasteiger charge is -2.41. The van der Waals surface area contributed by atoms with Crippen molar-refractivity contribution >= 4 is 5.69 Å². The van der Waals surface area contributed by atoms with E-state index in [1.807, 2.05) is 36.4 Å². The van der Waals surface area contributed by atoms with Crippen LogP contribution in [0.2, 0.25) is 0 Å². The molecule has 8 aromatic carbocycles. The van der Waals surface area contributed by atoms with E-state index in [2.05, 4.69) is 187 Å². The topological polar surface area (TPSA) is 26.5 Å². The Hall–Kier alpha value is -7.80. The van der Waals surface area contributed by atoms with Crippen LogP contribution in [0.1, 0.15) is 22.3 Å². The zero-order chi connectivity index (χ0) is 38.9. The third-order valence-electron chi connectivity index (χ3n) is 11.2. The van der Waals surface area contributed by atoms with Crippen molar-refractivity contribution in [2.75, 3.05) is 0 Å². The molecule has 0 amide bonds. The second kappa shape index (κ2) is 14.7. The monoisotopic (exact) mass is 740 g/mol. The Morgan fingerprint density at radius 2 is 0.845 bits per heavy atom. The van der Waals surface area contributed by atoms with Gasteiger partial charge in [-0.05, 0) is 86.5 Å². The Balaban J connectivity index is 1.05. The fraction of sp³-hybridized carbons (Fsp3) is 0.0182. The maximum Gasteiger partial charge on any atom is 0.187 e. The number of pyridine rings is 1. The maximum atomic E-state index is 7.40. The number of nitrogens with zero attached hydrogens (tertiary/aromatic N) is 2. The molecule has 0 bridgehead atoms. The first kappa shape index (κ1) is 34.7. The summed E-state index contributed by atoms with van der Waals surface area (Å²) in [6.45, 7) is 7.40. The smallest absolute Gasteiger partial charge is 0.187 e. The fourth-order valence-corrected chi connectivity index (χ4v) is 8.46. The summed E-state index contributed by atoms with van der Waals surface area (Å²) in [4.78, 5) is 8.75. The largest absolute Gasteiger partial charge is 0.457 e. The number of benzene rings is 8. The Morgan fingerprint density at radius 3 is 1.48 bits per heavy atom. The minimum absolute atomic E-state index is 0.555. The van der Waals surface area contributed by atoms with Gasteiger partial charge >= 0.3 is 0 Å². The van der Waals surface area contributed by atoms with Crippen LogP contribution in [0.5, 0.6) is 11.5 Å². The minimum atomic E-state index is -0.555. The van der Waals surface area contributed by atoms with E-state index < -0.39 is 5.41 Å². The first-order valence-electron chi connectivity index (χ1n) is 19.5. The lowest BCUT2D eigenvalue weighted by atomic mass is 9.63. The molecule has 9 aromatic rings. The van der Waals surface area contributed by atoms with Crippen LogP contribution in [0, 0.1) is 6.57 Å². The highest BCUT2D eigenvalue weighted by molar-refractivity contribution is 5.81. The second-order valence-electron chi connectivity index (χ2n) is 14.6. The lowest BCUT2D eigenvalue weighted by molar-refractivity contribution is 0.435. The van der Waals surface area contributed by atoms with Crippen molar-refractivity contribution in [1.82, 2.24) is 4.98 Å². The second-order valence-corrected chi connectivity index (χ2v) is 14.6. The predicted molar refractivity (Wildman–Crippen MR) is 236 cm³/mol. The van der Waals surface area contributed by atoms with E-state index in [1.165, 1.54) is 11.1 Å². The van der Waals surface area contributed by atoms with Gasteiger partial charge in [-0.2, -0.15) is 0 Å². The minimum Gasteiger partial charge on any atom is -0.457 e. The molecule has 0 spiro atoms. The van der Waals surface area contributed by atoms with E-state index in [9.17, 15) is 0 Å². The predicted octanol–water partition coefficient (Wildman–Crippen LogP) is 14.5. The molecule has 3 nitrogen and oxygen atoms in total. The number of ether oxygens (including phenoxy) is 1. The zero-order valence-electron chi connectivity index (χ0n) is 31.6. The number of fused-ring (bicyclic) bond motifs is 2. The van der Waals surface area contributed by atoms with Gasteiger partial charge in [0.15, 0.2) is 5.69 Å². The molecule has 0 unspecified atom stereocenters. The summed E-state index contributed by atoms with van der Waals surface area (Å²) in [6.07, 6.45) is 0. The van der Waals surface area contributed by atoms with Gasteiger partial charge in [-0.1, -0.05) is 182 Å². The highest BCUT2D eigenvalue weighted by atomic mass is 16.5. The summed E-state index contributed by atoms with van der Waals surface area (Å²) >= 11 is 0. The van der Waals surface area contributed by atoms with E-state index in [1.54, 1.807) is 0 Å². The quantitative estimate of drug-likeness (QED) is 0.152. The standard InChI is InChI=1S/C55H36N2O/c1-56-48-30-27-39(28-31-48)51-35-45(38-15-5-2-6-16-38)36-52(57-51)44-20-14-19-42(34-44)40-17-13-18-41(33-40)43-29-32-50-54(37-43)58-53-26-12-11-25-49(53)55(50,46-21-7-3-8-22-46)47-23-9-4-10-24-47/h2-37H. The van der Waals surface area contributed by atoms with Gasteiger partial charge in [0.1, 0.15) is 11.5 Å². The van der Waals surface area contributed by atoms with Crippen LogP contribution in [0.25, 0.3) is 60.7 Å². The summed E-state index contributed by atoms with van der Waals surface area (Å²) in [5, 5.41) is 0. The Morgan fingerprint density at radius 1 is 0.362 bits per heavy atom. The number of para-hydroxylation sites is 1. The average Bonchev–Trinajstić information content (AvgIpc) is 3.31. The third kappa shape index (κ3) is 6.14. The van der Waals surface area contributed by atoms with Crippen LogP contribution < -0.4 is 4.74 Å². The van der Waals surface area contributed by atoms with Crippen molar-refractivity contribution in [1.29, 1.82) is 0 Å². The van der Waals surface area contributed by atoms with E-state index >= 15 is 0 Å². The van der Waals surface area contributed by atoms with E-state index in [0.717, 1.165) is 78.5 Å². The molecule has 272 valence electrons. The van der Waals surface area contributed by atoms with Gasteiger partial charge in [0.05, 0.1) is 23.4 Å². The van der Waals surface area contributed by atoms with Gasteiger partial charge < -0.3 is 4.74 Å². The molecule has 1 aliphatic rings. The molecule has 58 heavy (non-hydrogen) atoms. The Kier molecular flexibility index (Phi) is 8.78. The van der Waals surface area contributed by atoms with Crippen molar-refractivity contribution in [2.24, 2.45) is 0 Å². The van der Waals surface area contributed by atoms with E-state index in [4.69, 9.17) is 16.3 Å². The molecular formula is C55H36N2O. The van der Waals surface area contributed by atoms with Gasteiger partial charge in [0.2, 0.25) is 0 Å². The summed E-state index contributed by atoms with van der Waals surface area (Å²) in [6, 6.07) is 76.4. The van der Waals surface area contributed by atoms with Crippen molar-refractivity contribution in [3.63, 3.8) is 0 Å². The first-order chi connectivity index (χ1) is 28.7. The Labute approximate surface area is 339 Å². The molecule has 0 N–H and O–H groups in total. The summed E-state index contributed by atoms with van der Waals surface area (Å²) in [5.41, 5.74) is 15.0. The van der Waals surface area contributed by atoms with Crippen molar-refractivity contribution < 1.29 is 4.74 Å².